The zero-order valence-electron chi connectivity index (χ0n) is 17.9. The van der Waals surface area contributed by atoms with Crippen molar-refractivity contribution in [3.8, 4) is 86.2 Å². The Balaban J connectivity index is 1.58. The molecule has 0 spiro atoms. The minimum absolute atomic E-state index is 0.0941. The van der Waals surface area contributed by atoms with Gasteiger partial charge in [-0.25, -0.2) is 0 Å². The van der Waals surface area contributed by atoms with Gasteiger partial charge in [-0.3, -0.25) is 0 Å². The minimum Gasteiger partial charge on any atom is -0.508 e. The van der Waals surface area contributed by atoms with Crippen molar-refractivity contribution in [1.29, 1.82) is 0 Å². The summed E-state index contributed by atoms with van der Waals surface area (Å²) in [6.45, 7) is 0. The van der Waals surface area contributed by atoms with Gasteiger partial charge in [-0.2, -0.15) is 0 Å². The summed E-state index contributed by atoms with van der Waals surface area (Å²) in [5.74, 6) is -6.77. The second-order valence-electron chi connectivity index (χ2n) is 7.39. The van der Waals surface area contributed by atoms with Crippen molar-refractivity contribution >= 4 is 0 Å². The Kier molecular flexibility index (Phi) is 5.92. The average Bonchev–Trinajstić information content (AvgIpc) is 2.75. The number of hydrogen-bond acceptors (Lipinski definition) is 12. The quantitative estimate of drug-likeness (QED) is 0.181. The summed E-state index contributed by atoms with van der Waals surface area (Å²) in [7, 11) is 0. The highest BCUT2D eigenvalue weighted by atomic mass is 16.5. The van der Waals surface area contributed by atoms with E-state index >= 15 is 0 Å². The van der Waals surface area contributed by atoms with Crippen molar-refractivity contribution in [2.45, 2.75) is 0 Å². The summed E-state index contributed by atoms with van der Waals surface area (Å²) >= 11 is 0. The molecular formula is C24H18O12. The summed E-state index contributed by atoms with van der Waals surface area (Å²) in [6, 6.07) is 9.05. The first-order valence-electron chi connectivity index (χ1n) is 9.93. The SMILES string of the molecule is Oc1cc(O)cc(Oc2c(O)cc(Oc3c(O)cc(Oc4c(O)cc(O)cc4O)cc3O)cc2O)c1. The molecule has 12 nitrogen and oxygen atoms in total. The highest BCUT2D eigenvalue weighted by Gasteiger charge is 2.20. The Hall–Kier alpha value is -5.52. The van der Waals surface area contributed by atoms with E-state index < -0.39 is 57.5 Å². The molecule has 4 rings (SSSR count). The maximum Gasteiger partial charge on any atom is 0.210 e. The lowest BCUT2D eigenvalue weighted by Gasteiger charge is -2.15. The fourth-order valence-electron chi connectivity index (χ4n) is 3.14. The molecule has 186 valence electrons. The van der Waals surface area contributed by atoms with Crippen LogP contribution in [0.5, 0.6) is 86.2 Å². The summed E-state index contributed by atoms with van der Waals surface area (Å²) < 4.78 is 15.9. The predicted molar refractivity (Wildman–Crippen MR) is 121 cm³/mol. The largest absolute Gasteiger partial charge is 0.508 e. The molecule has 12 heteroatoms. The normalized spacial score (nSPS) is 10.7. The van der Waals surface area contributed by atoms with Crippen molar-refractivity contribution in [3.63, 3.8) is 0 Å². The average molecular weight is 498 g/mol. The summed E-state index contributed by atoms with van der Waals surface area (Å²) in [5.41, 5.74) is 0. The smallest absolute Gasteiger partial charge is 0.210 e. The van der Waals surface area contributed by atoms with Crippen LogP contribution in [-0.4, -0.2) is 46.0 Å². The van der Waals surface area contributed by atoms with Gasteiger partial charge in [-0.05, 0) is 0 Å². The van der Waals surface area contributed by atoms with Crippen LogP contribution in [0.2, 0.25) is 0 Å². The molecule has 0 heterocycles. The molecule has 4 aromatic rings. The molecule has 0 saturated carbocycles. The van der Waals surface area contributed by atoms with Gasteiger partial charge in [-0.15, -0.1) is 0 Å². The second kappa shape index (κ2) is 9.02. The van der Waals surface area contributed by atoms with Gasteiger partial charge in [0.05, 0.1) is 0 Å². The minimum atomic E-state index is -0.655. The number of rotatable bonds is 6. The van der Waals surface area contributed by atoms with Gasteiger partial charge in [0.2, 0.25) is 17.2 Å². The topological polar surface area (TPSA) is 210 Å². The molecule has 0 fully saturated rings. The Morgan fingerprint density at radius 2 is 0.556 bits per heavy atom. The number of phenols is 9. The van der Waals surface area contributed by atoms with E-state index in [0.29, 0.717) is 0 Å². The molecule has 0 aliphatic heterocycles. The van der Waals surface area contributed by atoms with E-state index in [2.05, 4.69) is 0 Å². The fraction of sp³-hybridized carbons (Fsp3) is 0. The van der Waals surface area contributed by atoms with E-state index in [1.165, 1.54) is 0 Å². The zero-order valence-corrected chi connectivity index (χ0v) is 17.9. The van der Waals surface area contributed by atoms with Crippen LogP contribution in [0.15, 0.2) is 54.6 Å². The lowest BCUT2D eigenvalue weighted by atomic mass is 10.2. The van der Waals surface area contributed by atoms with E-state index in [9.17, 15) is 46.0 Å². The predicted octanol–water partition coefficient (Wildman–Crippen LogP) is 4.41. The third-order valence-electron chi connectivity index (χ3n) is 4.62. The van der Waals surface area contributed by atoms with Crippen LogP contribution in [0.3, 0.4) is 0 Å². The van der Waals surface area contributed by atoms with Crippen LogP contribution in [0.25, 0.3) is 0 Å². The van der Waals surface area contributed by atoms with Gasteiger partial charge in [0.1, 0.15) is 34.5 Å². The van der Waals surface area contributed by atoms with Crippen LogP contribution in [0, 0.1) is 0 Å². The Morgan fingerprint density at radius 3 is 0.889 bits per heavy atom. The molecule has 0 unspecified atom stereocenters. The van der Waals surface area contributed by atoms with Gasteiger partial charge in [0, 0.05) is 54.6 Å². The van der Waals surface area contributed by atoms with Crippen molar-refractivity contribution < 1.29 is 60.2 Å². The highest BCUT2D eigenvalue weighted by molar-refractivity contribution is 5.61. The molecule has 0 aliphatic carbocycles. The number of benzene rings is 4. The van der Waals surface area contributed by atoms with Gasteiger partial charge in [-0.1, -0.05) is 0 Å². The lowest BCUT2D eigenvalue weighted by molar-refractivity contribution is 0.349. The van der Waals surface area contributed by atoms with Gasteiger partial charge >= 0.3 is 0 Å². The number of phenolic OH excluding ortho intramolecular Hbond substituents is 9. The highest BCUT2D eigenvalue weighted by Crippen LogP contribution is 2.49. The van der Waals surface area contributed by atoms with Crippen LogP contribution in [-0.2, 0) is 0 Å². The first kappa shape index (κ1) is 23.6. The zero-order chi connectivity index (χ0) is 26.1. The Morgan fingerprint density at radius 1 is 0.306 bits per heavy atom. The summed E-state index contributed by atoms with van der Waals surface area (Å²) in [6.07, 6.45) is 0. The van der Waals surface area contributed by atoms with Crippen molar-refractivity contribution in [1.82, 2.24) is 0 Å². The van der Waals surface area contributed by atoms with Gasteiger partial charge in [0.25, 0.3) is 0 Å². The molecule has 4 aromatic carbocycles. The number of aromatic hydroxyl groups is 9. The third-order valence-corrected chi connectivity index (χ3v) is 4.62. The Bertz CT molecular complexity index is 1370. The van der Waals surface area contributed by atoms with Gasteiger partial charge in [0.15, 0.2) is 34.5 Å². The van der Waals surface area contributed by atoms with E-state index in [-0.39, 0.29) is 28.7 Å². The van der Waals surface area contributed by atoms with Crippen molar-refractivity contribution in [2.75, 3.05) is 0 Å². The van der Waals surface area contributed by atoms with E-state index in [0.717, 1.165) is 54.6 Å². The second-order valence-corrected chi connectivity index (χ2v) is 7.39. The molecule has 0 amide bonds. The van der Waals surface area contributed by atoms with Gasteiger partial charge < -0.3 is 60.2 Å². The monoisotopic (exact) mass is 498 g/mol. The molecule has 0 saturated heterocycles. The van der Waals surface area contributed by atoms with Crippen LogP contribution >= 0.6 is 0 Å². The fourth-order valence-corrected chi connectivity index (χ4v) is 3.14. The molecule has 0 aliphatic rings. The third kappa shape index (κ3) is 4.87. The number of hydrogen-bond donors (Lipinski definition) is 9. The first-order chi connectivity index (χ1) is 17.0. The van der Waals surface area contributed by atoms with Crippen molar-refractivity contribution in [2.24, 2.45) is 0 Å². The van der Waals surface area contributed by atoms with Crippen molar-refractivity contribution in [3.05, 3.63) is 54.6 Å². The van der Waals surface area contributed by atoms with Crippen LogP contribution in [0.1, 0.15) is 0 Å². The van der Waals surface area contributed by atoms with Crippen LogP contribution in [0.4, 0.5) is 0 Å². The summed E-state index contributed by atoms with van der Waals surface area (Å²) in [4.78, 5) is 0. The molecule has 0 atom stereocenters. The molecular weight excluding hydrogens is 480 g/mol. The molecule has 0 aromatic heterocycles. The van der Waals surface area contributed by atoms with E-state index in [1.807, 2.05) is 0 Å². The lowest BCUT2D eigenvalue weighted by Crippen LogP contribution is -1.91. The molecule has 9 N–H and O–H groups in total. The molecule has 36 heavy (non-hydrogen) atoms. The maximum absolute atomic E-state index is 10.3. The molecule has 0 radical (unpaired) electrons. The number of ether oxygens (including phenoxy) is 3. The Labute approximate surface area is 201 Å². The van der Waals surface area contributed by atoms with Crippen LogP contribution < -0.4 is 14.2 Å². The molecule has 0 bridgehead atoms. The van der Waals surface area contributed by atoms with E-state index in [1.54, 1.807) is 0 Å². The van der Waals surface area contributed by atoms with E-state index in [4.69, 9.17) is 14.2 Å². The summed E-state index contributed by atoms with van der Waals surface area (Å²) in [5, 5.41) is 89.3. The standard InChI is InChI=1S/C24H18O12/c25-10-1-11(26)3-13(2-10)34-23-18(30)8-15(9-19(23)31)36-24-20(32)6-14(7-21(24)33)35-22-16(28)4-12(27)5-17(22)29/h1-9,25-33H. The maximum atomic E-state index is 10.3. The first-order valence-corrected chi connectivity index (χ1v) is 9.93.